The van der Waals surface area contributed by atoms with Gasteiger partial charge in [0.1, 0.15) is 5.69 Å². The summed E-state index contributed by atoms with van der Waals surface area (Å²) >= 11 is 0. The molecular formula is C12H18N2O3. The molecule has 17 heavy (non-hydrogen) atoms. The topological polar surface area (TPSA) is 71.2 Å². The molecule has 94 valence electrons. The van der Waals surface area contributed by atoms with Crippen molar-refractivity contribution in [3.8, 4) is 0 Å². The van der Waals surface area contributed by atoms with Crippen molar-refractivity contribution in [2.24, 2.45) is 5.92 Å². The highest BCUT2D eigenvalue weighted by Crippen LogP contribution is 2.03. The van der Waals surface area contributed by atoms with Crippen molar-refractivity contribution in [1.82, 2.24) is 10.3 Å². The van der Waals surface area contributed by atoms with Crippen molar-refractivity contribution in [3.63, 3.8) is 0 Å². The molecular weight excluding hydrogens is 220 g/mol. The van der Waals surface area contributed by atoms with Crippen LogP contribution in [-0.2, 0) is 4.74 Å². The normalized spacial score (nSPS) is 12.5. The maximum Gasteiger partial charge on any atom is 0.268 e. The number of pyridine rings is 1. The largest absolute Gasteiger partial charge is 0.383 e. The lowest BCUT2D eigenvalue weighted by Crippen LogP contribution is -2.42. The number of hydrogen-bond donors (Lipinski definition) is 2. The van der Waals surface area contributed by atoms with E-state index in [0.29, 0.717) is 6.61 Å². The third kappa shape index (κ3) is 4.03. The molecule has 1 aromatic heterocycles. The Morgan fingerprint density at radius 3 is 2.71 bits per heavy atom. The number of H-pyrrole nitrogens is 1. The van der Waals surface area contributed by atoms with E-state index in [-0.39, 0.29) is 29.1 Å². The van der Waals surface area contributed by atoms with Gasteiger partial charge >= 0.3 is 0 Å². The highest BCUT2D eigenvalue weighted by Gasteiger charge is 2.17. The van der Waals surface area contributed by atoms with Crippen molar-refractivity contribution in [2.45, 2.75) is 19.9 Å². The van der Waals surface area contributed by atoms with Gasteiger partial charge in [-0.15, -0.1) is 0 Å². The van der Waals surface area contributed by atoms with Gasteiger partial charge in [0.15, 0.2) is 0 Å². The number of amides is 1. The minimum absolute atomic E-state index is 0.0730. The van der Waals surface area contributed by atoms with Gasteiger partial charge in [-0.25, -0.2) is 0 Å². The second-order valence-electron chi connectivity index (χ2n) is 4.21. The van der Waals surface area contributed by atoms with Crippen LogP contribution >= 0.6 is 0 Å². The summed E-state index contributed by atoms with van der Waals surface area (Å²) in [5.41, 5.74) is -0.0234. The predicted octanol–water partition coefficient (Wildman–Crippen LogP) is 0.776. The Labute approximate surface area is 100 Å². The number of hydrogen-bond acceptors (Lipinski definition) is 3. The van der Waals surface area contributed by atoms with E-state index in [1.807, 2.05) is 13.8 Å². The molecule has 1 rings (SSSR count). The molecule has 2 N–H and O–H groups in total. The Balaban J connectivity index is 2.73. The van der Waals surface area contributed by atoms with Gasteiger partial charge in [0.25, 0.3) is 5.91 Å². The zero-order chi connectivity index (χ0) is 12.8. The second kappa shape index (κ2) is 6.20. The van der Waals surface area contributed by atoms with E-state index >= 15 is 0 Å². The molecule has 0 fully saturated rings. The van der Waals surface area contributed by atoms with Crippen LogP contribution in [0.2, 0.25) is 0 Å². The lowest BCUT2D eigenvalue weighted by molar-refractivity contribution is 0.0861. The van der Waals surface area contributed by atoms with Crippen molar-refractivity contribution >= 4 is 5.91 Å². The molecule has 5 heteroatoms. The fourth-order valence-corrected chi connectivity index (χ4v) is 1.41. The lowest BCUT2D eigenvalue weighted by Gasteiger charge is -2.21. The van der Waals surface area contributed by atoms with E-state index in [1.165, 1.54) is 6.07 Å². The Bertz CT molecular complexity index is 426. The Morgan fingerprint density at radius 2 is 2.18 bits per heavy atom. The Morgan fingerprint density at radius 1 is 1.47 bits per heavy atom. The standard InChI is InChI=1S/C12H18N2O3/c1-8(2)10(7-17-3)14-12(16)9-5-4-6-11(15)13-9/h4-6,8,10H,7H2,1-3H3,(H,13,15)(H,14,16). The van der Waals surface area contributed by atoms with Gasteiger partial charge in [-0.2, -0.15) is 0 Å². The molecule has 0 radical (unpaired) electrons. The number of carbonyl (C=O) groups excluding carboxylic acids is 1. The third-order valence-electron chi connectivity index (χ3n) is 2.48. The molecule has 1 unspecified atom stereocenters. The number of aromatic amines is 1. The quantitative estimate of drug-likeness (QED) is 0.796. The van der Waals surface area contributed by atoms with E-state index in [0.717, 1.165) is 0 Å². The molecule has 0 aliphatic heterocycles. The van der Waals surface area contributed by atoms with Crippen LogP contribution < -0.4 is 10.9 Å². The second-order valence-corrected chi connectivity index (χ2v) is 4.21. The van der Waals surface area contributed by atoms with Crippen molar-refractivity contribution in [3.05, 3.63) is 34.2 Å². The van der Waals surface area contributed by atoms with Crippen molar-refractivity contribution < 1.29 is 9.53 Å². The molecule has 0 saturated heterocycles. The van der Waals surface area contributed by atoms with Gasteiger partial charge in [-0.3, -0.25) is 9.59 Å². The number of ether oxygens (including phenoxy) is 1. The summed E-state index contributed by atoms with van der Waals surface area (Å²) in [6.07, 6.45) is 0. The molecule has 1 atom stereocenters. The summed E-state index contributed by atoms with van der Waals surface area (Å²) in [4.78, 5) is 25.4. The molecule has 0 saturated carbocycles. The van der Waals surface area contributed by atoms with Crippen LogP contribution in [0.4, 0.5) is 0 Å². The van der Waals surface area contributed by atoms with Gasteiger partial charge in [-0.05, 0) is 12.0 Å². The van der Waals surface area contributed by atoms with E-state index in [2.05, 4.69) is 10.3 Å². The zero-order valence-corrected chi connectivity index (χ0v) is 10.3. The third-order valence-corrected chi connectivity index (χ3v) is 2.48. The zero-order valence-electron chi connectivity index (χ0n) is 10.3. The number of aromatic nitrogens is 1. The first-order chi connectivity index (χ1) is 8.04. The van der Waals surface area contributed by atoms with Gasteiger partial charge in [0, 0.05) is 13.2 Å². The summed E-state index contributed by atoms with van der Waals surface area (Å²) in [5, 5.41) is 2.83. The molecule has 0 bridgehead atoms. The van der Waals surface area contributed by atoms with E-state index in [9.17, 15) is 9.59 Å². The van der Waals surface area contributed by atoms with E-state index in [1.54, 1.807) is 19.2 Å². The maximum absolute atomic E-state index is 11.8. The maximum atomic E-state index is 11.8. The number of nitrogens with one attached hydrogen (secondary N) is 2. The van der Waals surface area contributed by atoms with Crippen LogP contribution in [-0.4, -0.2) is 30.6 Å². The molecule has 1 aromatic rings. The highest BCUT2D eigenvalue weighted by molar-refractivity contribution is 5.92. The van der Waals surface area contributed by atoms with Gasteiger partial charge in [-0.1, -0.05) is 19.9 Å². The van der Waals surface area contributed by atoms with Crippen LogP contribution in [0.15, 0.2) is 23.0 Å². The van der Waals surface area contributed by atoms with Gasteiger partial charge < -0.3 is 15.0 Å². The molecule has 1 heterocycles. The Hall–Kier alpha value is -1.62. The molecule has 0 aliphatic rings. The first kappa shape index (κ1) is 13.4. The summed E-state index contributed by atoms with van der Waals surface area (Å²) in [6, 6.07) is 4.41. The van der Waals surface area contributed by atoms with Crippen molar-refractivity contribution in [1.29, 1.82) is 0 Å². The average molecular weight is 238 g/mol. The minimum atomic E-state index is -0.293. The van der Waals surface area contributed by atoms with Crippen LogP contribution in [0.25, 0.3) is 0 Å². The van der Waals surface area contributed by atoms with E-state index < -0.39 is 0 Å². The minimum Gasteiger partial charge on any atom is -0.383 e. The fraction of sp³-hybridized carbons (Fsp3) is 0.500. The van der Waals surface area contributed by atoms with Gasteiger partial charge in [0.05, 0.1) is 12.6 Å². The Kier molecular flexibility index (Phi) is 4.90. The molecule has 0 aromatic carbocycles. The molecule has 1 amide bonds. The van der Waals surface area contributed by atoms with E-state index in [4.69, 9.17) is 4.74 Å². The average Bonchev–Trinajstić information content (AvgIpc) is 2.28. The smallest absolute Gasteiger partial charge is 0.268 e. The summed E-state index contributed by atoms with van der Waals surface area (Å²) in [5.74, 6) is -0.0345. The monoisotopic (exact) mass is 238 g/mol. The fourth-order valence-electron chi connectivity index (χ4n) is 1.41. The predicted molar refractivity (Wildman–Crippen MR) is 65.0 cm³/mol. The first-order valence-electron chi connectivity index (χ1n) is 5.53. The van der Waals surface area contributed by atoms with Crippen LogP contribution in [0.3, 0.4) is 0 Å². The number of rotatable bonds is 5. The van der Waals surface area contributed by atoms with Crippen LogP contribution in [0, 0.1) is 5.92 Å². The molecule has 0 aliphatic carbocycles. The number of carbonyl (C=O) groups is 1. The van der Waals surface area contributed by atoms with Crippen LogP contribution in [0.5, 0.6) is 0 Å². The molecule has 0 spiro atoms. The lowest BCUT2D eigenvalue weighted by atomic mass is 10.1. The summed E-state index contributed by atoms with van der Waals surface area (Å²) in [6.45, 7) is 4.44. The summed E-state index contributed by atoms with van der Waals surface area (Å²) < 4.78 is 5.04. The first-order valence-corrected chi connectivity index (χ1v) is 5.53. The highest BCUT2D eigenvalue weighted by atomic mass is 16.5. The molecule has 5 nitrogen and oxygen atoms in total. The van der Waals surface area contributed by atoms with Crippen LogP contribution in [0.1, 0.15) is 24.3 Å². The summed E-state index contributed by atoms with van der Waals surface area (Å²) in [7, 11) is 1.59. The van der Waals surface area contributed by atoms with Crippen molar-refractivity contribution in [2.75, 3.05) is 13.7 Å². The SMILES string of the molecule is COCC(NC(=O)c1cccc(=O)[nH]1)C(C)C. The number of methoxy groups -OCH3 is 1. The van der Waals surface area contributed by atoms with Gasteiger partial charge in [0.2, 0.25) is 5.56 Å².